The minimum absolute atomic E-state index is 0.0394. The van der Waals surface area contributed by atoms with E-state index < -0.39 is 10.9 Å². The van der Waals surface area contributed by atoms with E-state index in [1.807, 2.05) is 0 Å². The van der Waals surface area contributed by atoms with E-state index >= 15 is 0 Å². The minimum atomic E-state index is -0.498. The standard InChI is InChI=1S/C19H15NO7/c1-2-25-18(21)11-26-14-7-8-15-16(10-14)27-17(19(15)22)9-12-3-5-13(6-4-12)20(23)24/h3-10H,2,11H2,1H3/b17-9+. The maximum Gasteiger partial charge on any atom is 0.344 e. The number of Topliss-reactive ketones (excluding diaryl/α,β-unsaturated/α-hetero) is 1. The van der Waals surface area contributed by atoms with Crippen LogP contribution in [0.1, 0.15) is 22.8 Å². The van der Waals surface area contributed by atoms with Gasteiger partial charge >= 0.3 is 5.97 Å². The molecular weight excluding hydrogens is 354 g/mol. The quantitative estimate of drug-likeness (QED) is 0.333. The third kappa shape index (κ3) is 4.12. The summed E-state index contributed by atoms with van der Waals surface area (Å²) < 4.78 is 15.7. The van der Waals surface area contributed by atoms with Crippen LogP contribution in [-0.4, -0.2) is 29.9 Å². The van der Waals surface area contributed by atoms with E-state index in [2.05, 4.69) is 0 Å². The summed E-state index contributed by atoms with van der Waals surface area (Å²) in [5.41, 5.74) is 0.921. The van der Waals surface area contributed by atoms with Crippen molar-refractivity contribution in [2.24, 2.45) is 0 Å². The lowest BCUT2D eigenvalue weighted by Crippen LogP contribution is -2.14. The first-order valence-electron chi connectivity index (χ1n) is 8.09. The van der Waals surface area contributed by atoms with Gasteiger partial charge in [0, 0.05) is 18.2 Å². The Kier molecular flexibility index (Phi) is 5.16. The van der Waals surface area contributed by atoms with Gasteiger partial charge in [-0.1, -0.05) is 0 Å². The molecule has 1 aliphatic heterocycles. The summed E-state index contributed by atoms with van der Waals surface area (Å²) in [6.07, 6.45) is 1.51. The zero-order chi connectivity index (χ0) is 19.4. The van der Waals surface area contributed by atoms with Gasteiger partial charge in [-0.15, -0.1) is 0 Å². The van der Waals surface area contributed by atoms with Crippen molar-refractivity contribution in [2.75, 3.05) is 13.2 Å². The number of hydrogen-bond acceptors (Lipinski definition) is 7. The average molecular weight is 369 g/mol. The molecule has 1 aliphatic rings. The SMILES string of the molecule is CCOC(=O)COc1ccc2c(c1)O/C(=C/c1ccc([N+](=O)[O-])cc1)C2=O. The Bertz CT molecular complexity index is 932. The largest absolute Gasteiger partial charge is 0.482 e. The molecule has 2 aromatic carbocycles. The van der Waals surface area contributed by atoms with Crippen molar-refractivity contribution in [3.8, 4) is 11.5 Å². The third-order valence-electron chi connectivity index (χ3n) is 3.71. The van der Waals surface area contributed by atoms with Gasteiger partial charge in [-0.25, -0.2) is 4.79 Å². The first-order valence-corrected chi connectivity index (χ1v) is 8.09. The highest BCUT2D eigenvalue weighted by Gasteiger charge is 2.27. The number of allylic oxidation sites excluding steroid dienone is 1. The number of rotatable bonds is 6. The van der Waals surface area contributed by atoms with Gasteiger partial charge in [0.1, 0.15) is 11.5 Å². The zero-order valence-electron chi connectivity index (χ0n) is 14.3. The van der Waals surface area contributed by atoms with E-state index in [9.17, 15) is 19.7 Å². The lowest BCUT2D eigenvalue weighted by atomic mass is 10.1. The topological polar surface area (TPSA) is 105 Å². The molecule has 8 heteroatoms. The van der Waals surface area contributed by atoms with E-state index in [0.29, 0.717) is 22.6 Å². The smallest absolute Gasteiger partial charge is 0.344 e. The summed E-state index contributed by atoms with van der Waals surface area (Å²) >= 11 is 0. The first-order chi connectivity index (χ1) is 13.0. The van der Waals surface area contributed by atoms with Crippen molar-refractivity contribution in [2.45, 2.75) is 6.92 Å². The Morgan fingerprint density at radius 1 is 1.22 bits per heavy atom. The van der Waals surface area contributed by atoms with Crippen LogP contribution in [0.15, 0.2) is 48.2 Å². The Labute approximate surface area is 154 Å². The Morgan fingerprint density at radius 2 is 1.96 bits per heavy atom. The van der Waals surface area contributed by atoms with Gasteiger partial charge in [0.05, 0.1) is 17.1 Å². The summed E-state index contributed by atoms with van der Waals surface area (Å²) in [5.74, 6) is -0.0175. The van der Waals surface area contributed by atoms with Crippen LogP contribution >= 0.6 is 0 Å². The number of nitro groups is 1. The van der Waals surface area contributed by atoms with E-state index in [4.69, 9.17) is 14.2 Å². The number of carbonyl (C=O) groups excluding carboxylic acids is 2. The number of fused-ring (bicyclic) bond motifs is 1. The number of benzene rings is 2. The summed E-state index contributed by atoms with van der Waals surface area (Å²) in [6, 6.07) is 10.4. The molecule has 0 aromatic heterocycles. The molecule has 0 spiro atoms. The highest BCUT2D eigenvalue weighted by Crippen LogP contribution is 2.35. The van der Waals surface area contributed by atoms with E-state index in [-0.39, 0.29) is 30.4 Å². The van der Waals surface area contributed by atoms with Gasteiger partial charge in [-0.2, -0.15) is 0 Å². The van der Waals surface area contributed by atoms with Crippen molar-refractivity contribution in [3.63, 3.8) is 0 Å². The van der Waals surface area contributed by atoms with Crippen LogP contribution in [0.5, 0.6) is 11.5 Å². The highest BCUT2D eigenvalue weighted by atomic mass is 16.6. The zero-order valence-corrected chi connectivity index (χ0v) is 14.3. The van der Waals surface area contributed by atoms with Crippen LogP contribution in [0, 0.1) is 10.1 Å². The molecule has 8 nitrogen and oxygen atoms in total. The summed E-state index contributed by atoms with van der Waals surface area (Å²) in [6.45, 7) is 1.72. The Balaban J connectivity index is 1.74. The third-order valence-corrected chi connectivity index (χ3v) is 3.71. The predicted octanol–water partition coefficient (Wildman–Crippen LogP) is 3.15. The van der Waals surface area contributed by atoms with Gasteiger partial charge in [0.15, 0.2) is 12.4 Å². The lowest BCUT2D eigenvalue weighted by Gasteiger charge is -2.06. The number of ether oxygens (including phenoxy) is 3. The Hall–Kier alpha value is -3.68. The van der Waals surface area contributed by atoms with E-state index in [1.165, 1.54) is 36.4 Å². The fraction of sp³-hybridized carbons (Fsp3) is 0.158. The fourth-order valence-corrected chi connectivity index (χ4v) is 2.45. The maximum absolute atomic E-state index is 12.4. The molecule has 0 amide bonds. The van der Waals surface area contributed by atoms with Crippen molar-refractivity contribution in [1.82, 2.24) is 0 Å². The molecule has 0 N–H and O–H groups in total. The molecule has 0 radical (unpaired) electrons. The molecule has 0 aliphatic carbocycles. The average Bonchev–Trinajstić information content (AvgIpc) is 2.96. The van der Waals surface area contributed by atoms with Gasteiger partial charge < -0.3 is 14.2 Å². The van der Waals surface area contributed by atoms with Crippen LogP contribution in [-0.2, 0) is 9.53 Å². The minimum Gasteiger partial charge on any atom is -0.482 e. The number of nitrogens with zero attached hydrogens (tertiary/aromatic N) is 1. The second kappa shape index (κ2) is 7.69. The highest BCUT2D eigenvalue weighted by molar-refractivity contribution is 6.14. The molecule has 138 valence electrons. The van der Waals surface area contributed by atoms with Gasteiger partial charge in [0.2, 0.25) is 5.78 Å². The van der Waals surface area contributed by atoms with E-state index in [1.54, 1.807) is 19.1 Å². The molecule has 0 saturated carbocycles. The number of esters is 1. The fourth-order valence-electron chi connectivity index (χ4n) is 2.45. The molecule has 0 atom stereocenters. The number of hydrogen-bond donors (Lipinski definition) is 0. The Morgan fingerprint density at radius 3 is 2.63 bits per heavy atom. The molecule has 0 bridgehead atoms. The molecule has 0 fully saturated rings. The number of nitro benzene ring substituents is 1. The number of ketones is 1. The van der Waals surface area contributed by atoms with Crippen LogP contribution in [0.4, 0.5) is 5.69 Å². The van der Waals surface area contributed by atoms with Crippen molar-refractivity contribution < 1.29 is 28.7 Å². The summed E-state index contributed by atoms with van der Waals surface area (Å²) in [4.78, 5) is 34.0. The summed E-state index contributed by atoms with van der Waals surface area (Å²) in [7, 11) is 0. The van der Waals surface area contributed by atoms with Gasteiger partial charge in [0.25, 0.3) is 5.69 Å². The van der Waals surface area contributed by atoms with Gasteiger partial charge in [-0.3, -0.25) is 14.9 Å². The molecule has 3 rings (SSSR count). The van der Waals surface area contributed by atoms with Crippen molar-refractivity contribution in [1.29, 1.82) is 0 Å². The molecule has 0 unspecified atom stereocenters. The van der Waals surface area contributed by atoms with E-state index in [0.717, 1.165) is 0 Å². The number of carbonyl (C=O) groups is 2. The molecule has 1 heterocycles. The summed E-state index contributed by atoms with van der Waals surface area (Å²) in [5, 5.41) is 10.7. The van der Waals surface area contributed by atoms with Crippen LogP contribution < -0.4 is 9.47 Å². The first kappa shape index (κ1) is 18.1. The monoisotopic (exact) mass is 369 g/mol. The second-order valence-corrected chi connectivity index (χ2v) is 5.54. The normalized spacial score (nSPS) is 13.8. The van der Waals surface area contributed by atoms with Crippen LogP contribution in [0.25, 0.3) is 6.08 Å². The molecular formula is C19H15NO7. The molecule has 2 aromatic rings. The molecule has 0 saturated heterocycles. The number of non-ortho nitro benzene ring substituents is 1. The van der Waals surface area contributed by atoms with Crippen molar-refractivity contribution >= 4 is 23.5 Å². The van der Waals surface area contributed by atoms with Crippen LogP contribution in [0.2, 0.25) is 0 Å². The van der Waals surface area contributed by atoms with Crippen LogP contribution in [0.3, 0.4) is 0 Å². The van der Waals surface area contributed by atoms with Gasteiger partial charge in [-0.05, 0) is 42.8 Å². The molecule has 27 heavy (non-hydrogen) atoms. The maximum atomic E-state index is 12.4. The van der Waals surface area contributed by atoms with Crippen molar-refractivity contribution in [3.05, 3.63) is 69.5 Å². The lowest BCUT2D eigenvalue weighted by molar-refractivity contribution is -0.384. The second-order valence-electron chi connectivity index (χ2n) is 5.54. The predicted molar refractivity (Wildman–Crippen MR) is 94.6 cm³/mol.